The summed E-state index contributed by atoms with van der Waals surface area (Å²) >= 11 is 0. The first kappa shape index (κ1) is 9.98. The van der Waals surface area contributed by atoms with Crippen LogP contribution in [0.4, 0.5) is 0 Å². The molecule has 1 rings (SSSR count). The Hall–Kier alpha value is -1.10. The zero-order valence-electron chi connectivity index (χ0n) is 6.41. The molecule has 0 bridgehead atoms. The number of hydrogen-bond donors (Lipinski definition) is 2. The third kappa shape index (κ3) is 3.42. The van der Waals surface area contributed by atoms with Crippen molar-refractivity contribution in [1.29, 1.82) is 0 Å². The number of furan rings is 1. The first-order chi connectivity index (χ1) is 5.99. The van der Waals surface area contributed by atoms with Crippen LogP contribution in [0.5, 0.6) is 0 Å². The third-order valence-corrected chi connectivity index (χ3v) is 1.55. The van der Waals surface area contributed by atoms with Crippen LogP contribution in [0.25, 0.3) is 0 Å². The average molecular weight is 206 g/mol. The monoisotopic (exact) mass is 206 g/mol. The van der Waals surface area contributed by atoms with Gasteiger partial charge in [0.2, 0.25) is 5.76 Å². The number of hydrogen-bond acceptors (Lipinski definition) is 4. The Kier molecular flexibility index (Phi) is 2.87. The predicted octanol–water partition coefficient (Wildman–Crippen LogP) is 0.572. The van der Waals surface area contributed by atoms with E-state index in [0.29, 0.717) is 0 Å². The highest BCUT2D eigenvalue weighted by Crippen LogP contribution is 2.34. The number of ether oxygens (including phenoxy) is 1. The lowest BCUT2D eigenvalue weighted by Gasteiger charge is -2.03. The van der Waals surface area contributed by atoms with E-state index < -0.39 is 19.9 Å². The molecule has 0 saturated heterocycles. The fourth-order valence-corrected chi connectivity index (χ4v) is 0.894. The SMILES string of the molecule is O=C(OCP(=O)(O)O)c1ccco1. The summed E-state index contributed by atoms with van der Waals surface area (Å²) in [5.41, 5.74) is 0. The van der Waals surface area contributed by atoms with Crippen molar-refractivity contribution >= 4 is 13.6 Å². The fraction of sp³-hybridized carbons (Fsp3) is 0.167. The zero-order valence-corrected chi connectivity index (χ0v) is 7.31. The number of carbonyl (C=O) groups is 1. The summed E-state index contributed by atoms with van der Waals surface area (Å²) < 4.78 is 19.2. The minimum Gasteiger partial charge on any atom is -0.457 e. The molecule has 0 saturated carbocycles. The van der Waals surface area contributed by atoms with Crippen LogP contribution < -0.4 is 0 Å². The van der Waals surface area contributed by atoms with Gasteiger partial charge in [-0.05, 0) is 12.1 Å². The molecule has 1 aromatic rings. The van der Waals surface area contributed by atoms with Crippen LogP contribution in [0, 0.1) is 0 Å². The van der Waals surface area contributed by atoms with E-state index in [9.17, 15) is 9.36 Å². The molecule has 0 radical (unpaired) electrons. The van der Waals surface area contributed by atoms with E-state index >= 15 is 0 Å². The molecule has 0 spiro atoms. The van der Waals surface area contributed by atoms with Crippen LogP contribution in [-0.2, 0) is 9.30 Å². The second-order valence-electron chi connectivity index (χ2n) is 2.20. The Morgan fingerprint density at radius 2 is 2.31 bits per heavy atom. The first-order valence-electron chi connectivity index (χ1n) is 3.24. The molecule has 7 heteroatoms. The second-order valence-corrected chi connectivity index (χ2v) is 3.79. The standard InChI is InChI=1S/C6H7O6P/c7-6(5-2-1-3-11-5)12-4-13(8,9)10/h1-3H,4H2,(H2,8,9,10). The average Bonchev–Trinajstić information content (AvgIpc) is 2.50. The predicted molar refractivity (Wildman–Crippen MR) is 41.0 cm³/mol. The molecule has 1 heterocycles. The van der Waals surface area contributed by atoms with Gasteiger partial charge in [0.1, 0.15) is 0 Å². The highest BCUT2D eigenvalue weighted by molar-refractivity contribution is 7.51. The molecule has 13 heavy (non-hydrogen) atoms. The minimum absolute atomic E-state index is 0.0894. The fourth-order valence-electron chi connectivity index (χ4n) is 0.609. The largest absolute Gasteiger partial charge is 0.457 e. The van der Waals surface area contributed by atoms with Crippen LogP contribution >= 0.6 is 7.60 Å². The molecule has 1 aromatic heterocycles. The number of rotatable bonds is 3. The van der Waals surface area contributed by atoms with Gasteiger partial charge in [0.25, 0.3) is 0 Å². The first-order valence-corrected chi connectivity index (χ1v) is 5.04. The Balaban J connectivity index is 2.49. The van der Waals surface area contributed by atoms with E-state index in [4.69, 9.17) is 9.79 Å². The van der Waals surface area contributed by atoms with Crippen LogP contribution in [0.15, 0.2) is 22.8 Å². The van der Waals surface area contributed by atoms with E-state index in [1.807, 2.05) is 0 Å². The van der Waals surface area contributed by atoms with Gasteiger partial charge in [0.15, 0.2) is 6.35 Å². The lowest BCUT2D eigenvalue weighted by Crippen LogP contribution is -2.05. The molecule has 6 nitrogen and oxygen atoms in total. The van der Waals surface area contributed by atoms with Crippen molar-refractivity contribution in [3.63, 3.8) is 0 Å². The van der Waals surface area contributed by atoms with E-state index in [1.165, 1.54) is 18.4 Å². The lowest BCUT2D eigenvalue weighted by molar-refractivity contribution is 0.0514. The molecule has 0 aromatic carbocycles. The van der Waals surface area contributed by atoms with Crippen LogP contribution in [-0.4, -0.2) is 22.1 Å². The van der Waals surface area contributed by atoms with Crippen molar-refractivity contribution in [3.05, 3.63) is 24.2 Å². The van der Waals surface area contributed by atoms with Gasteiger partial charge in [-0.2, -0.15) is 0 Å². The Bertz CT molecular complexity index is 323. The molecule has 0 aliphatic carbocycles. The third-order valence-electron chi connectivity index (χ3n) is 1.09. The highest BCUT2D eigenvalue weighted by Gasteiger charge is 2.18. The summed E-state index contributed by atoms with van der Waals surface area (Å²) in [5.74, 6) is -0.984. The van der Waals surface area contributed by atoms with Crippen molar-refractivity contribution in [2.45, 2.75) is 0 Å². The molecular weight excluding hydrogens is 199 g/mol. The van der Waals surface area contributed by atoms with Crippen LogP contribution in [0.1, 0.15) is 10.6 Å². The van der Waals surface area contributed by atoms with E-state index in [2.05, 4.69) is 9.15 Å². The van der Waals surface area contributed by atoms with Crippen molar-refractivity contribution < 1.29 is 28.3 Å². The smallest absolute Gasteiger partial charge is 0.374 e. The number of esters is 1. The van der Waals surface area contributed by atoms with Crippen LogP contribution in [0.3, 0.4) is 0 Å². The molecule has 72 valence electrons. The Morgan fingerprint density at radius 1 is 1.62 bits per heavy atom. The van der Waals surface area contributed by atoms with Gasteiger partial charge < -0.3 is 18.9 Å². The summed E-state index contributed by atoms with van der Waals surface area (Å²) in [4.78, 5) is 27.6. The van der Waals surface area contributed by atoms with E-state index in [-0.39, 0.29) is 5.76 Å². The maximum absolute atomic E-state index is 10.9. The van der Waals surface area contributed by atoms with Crippen LogP contribution in [0.2, 0.25) is 0 Å². The van der Waals surface area contributed by atoms with Crippen molar-refractivity contribution in [1.82, 2.24) is 0 Å². The topological polar surface area (TPSA) is 97.0 Å². The highest BCUT2D eigenvalue weighted by atomic mass is 31.2. The molecule has 0 amide bonds. The zero-order chi connectivity index (χ0) is 9.90. The maximum atomic E-state index is 10.9. The summed E-state index contributed by atoms with van der Waals surface area (Å²) in [7, 11) is -4.31. The molecule has 2 N–H and O–H groups in total. The molecular formula is C6H7O6P. The second kappa shape index (κ2) is 3.74. The van der Waals surface area contributed by atoms with Crippen molar-refractivity contribution in [2.75, 3.05) is 6.35 Å². The molecule has 0 aliphatic rings. The van der Waals surface area contributed by atoms with E-state index in [1.54, 1.807) is 0 Å². The van der Waals surface area contributed by atoms with Gasteiger partial charge in [-0.1, -0.05) is 0 Å². The van der Waals surface area contributed by atoms with Gasteiger partial charge in [-0.25, -0.2) is 4.79 Å². The quantitative estimate of drug-likeness (QED) is 0.554. The van der Waals surface area contributed by atoms with Gasteiger partial charge >= 0.3 is 13.6 Å². The van der Waals surface area contributed by atoms with Gasteiger partial charge in [0, 0.05) is 0 Å². The normalized spacial score (nSPS) is 11.2. The van der Waals surface area contributed by atoms with Gasteiger partial charge in [-0.15, -0.1) is 0 Å². The molecule has 0 unspecified atom stereocenters. The summed E-state index contributed by atoms with van der Waals surface area (Å²) in [5, 5.41) is 0. The van der Waals surface area contributed by atoms with Gasteiger partial charge in [0.05, 0.1) is 6.26 Å². The maximum Gasteiger partial charge on any atom is 0.374 e. The molecule has 0 fully saturated rings. The van der Waals surface area contributed by atoms with Crippen molar-refractivity contribution in [3.8, 4) is 0 Å². The van der Waals surface area contributed by atoms with Gasteiger partial charge in [-0.3, -0.25) is 4.57 Å². The summed E-state index contributed by atoms with van der Waals surface area (Å²) in [6.07, 6.45) is 0.320. The number of carbonyl (C=O) groups excluding carboxylic acids is 1. The summed E-state index contributed by atoms with van der Waals surface area (Å²) in [6, 6.07) is 2.80. The Labute approximate surface area is 73.3 Å². The van der Waals surface area contributed by atoms with Crippen molar-refractivity contribution in [2.24, 2.45) is 0 Å². The summed E-state index contributed by atoms with van der Waals surface area (Å²) in [6.45, 7) is 0. The molecule has 0 aliphatic heterocycles. The Morgan fingerprint density at radius 3 is 2.77 bits per heavy atom. The minimum atomic E-state index is -4.31. The lowest BCUT2D eigenvalue weighted by atomic mass is 10.5. The molecule has 0 atom stereocenters. The van der Waals surface area contributed by atoms with E-state index in [0.717, 1.165) is 0 Å².